The molecule has 1 aliphatic rings. The van der Waals surface area contributed by atoms with Crippen LogP contribution in [0.15, 0.2) is 30.6 Å². The molecule has 0 fully saturated rings. The number of benzene rings is 1. The van der Waals surface area contributed by atoms with Crippen LogP contribution in [0.4, 0.5) is 5.82 Å². The van der Waals surface area contributed by atoms with Gasteiger partial charge in [-0.2, -0.15) is 0 Å². The molecule has 1 aliphatic carbocycles. The van der Waals surface area contributed by atoms with Crippen molar-refractivity contribution in [2.75, 3.05) is 11.9 Å². The van der Waals surface area contributed by atoms with E-state index in [9.17, 15) is 0 Å². The van der Waals surface area contributed by atoms with Gasteiger partial charge < -0.3 is 4.90 Å². The van der Waals surface area contributed by atoms with Crippen molar-refractivity contribution >= 4 is 27.4 Å². The maximum absolute atomic E-state index is 4.62. The van der Waals surface area contributed by atoms with Gasteiger partial charge in [-0.25, -0.2) is 9.97 Å². The maximum Gasteiger partial charge on any atom is 0.141 e. The van der Waals surface area contributed by atoms with Crippen LogP contribution in [0.25, 0.3) is 10.2 Å². The average Bonchev–Trinajstić information content (AvgIpc) is 3.08. The Morgan fingerprint density at radius 2 is 2.00 bits per heavy atom. The van der Waals surface area contributed by atoms with Crippen molar-refractivity contribution in [2.24, 2.45) is 0 Å². The molecule has 0 saturated carbocycles. The van der Waals surface area contributed by atoms with E-state index in [1.165, 1.54) is 27.0 Å². The molecule has 2 aromatic heterocycles. The van der Waals surface area contributed by atoms with Gasteiger partial charge >= 0.3 is 0 Å². The molecule has 4 rings (SSSR count). The van der Waals surface area contributed by atoms with Crippen LogP contribution in [0.3, 0.4) is 0 Å². The molecule has 0 N–H and O–H groups in total. The van der Waals surface area contributed by atoms with Gasteiger partial charge in [0, 0.05) is 11.9 Å². The summed E-state index contributed by atoms with van der Waals surface area (Å²) in [6.45, 7) is 4.34. The molecule has 112 valence electrons. The minimum Gasteiger partial charge on any atom is -0.352 e. The molecule has 2 heterocycles. The minimum atomic E-state index is 0.411. The molecule has 0 saturated heterocycles. The Kier molecular flexibility index (Phi) is 3.15. The second-order valence-electron chi connectivity index (χ2n) is 6.02. The van der Waals surface area contributed by atoms with Gasteiger partial charge in [-0.1, -0.05) is 24.3 Å². The van der Waals surface area contributed by atoms with Crippen molar-refractivity contribution in [3.8, 4) is 0 Å². The van der Waals surface area contributed by atoms with Crippen LogP contribution in [0.2, 0.25) is 0 Å². The van der Waals surface area contributed by atoms with Crippen molar-refractivity contribution in [3.05, 3.63) is 52.2 Å². The number of anilines is 1. The zero-order chi connectivity index (χ0) is 15.3. The van der Waals surface area contributed by atoms with Crippen LogP contribution < -0.4 is 4.90 Å². The van der Waals surface area contributed by atoms with Gasteiger partial charge in [-0.05, 0) is 43.4 Å². The molecule has 1 unspecified atom stereocenters. The monoisotopic (exact) mass is 309 g/mol. The Morgan fingerprint density at radius 1 is 1.18 bits per heavy atom. The summed E-state index contributed by atoms with van der Waals surface area (Å²) in [5.74, 6) is 1.06. The number of hydrogen-bond donors (Lipinski definition) is 0. The van der Waals surface area contributed by atoms with E-state index in [1.807, 2.05) is 0 Å². The first-order valence-corrected chi connectivity index (χ1v) is 8.50. The molecule has 4 heteroatoms. The Labute approximate surface area is 134 Å². The molecule has 0 amide bonds. The van der Waals surface area contributed by atoms with Crippen LogP contribution in [0.5, 0.6) is 0 Å². The summed E-state index contributed by atoms with van der Waals surface area (Å²) < 4.78 is 0. The van der Waals surface area contributed by atoms with Gasteiger partial charge in [0.25, 0.3) is 0 Å². The topological polar surface area (TPSA) is 29.0 Å². The third-order valence-corrected chi connectivity index (χ3v) is 5.96. The molecule has 0 bridgehead atoms. The highest BCUT2D eigenvalue weighted by molar-refractivity contribution is 7.18. The van der Waals surface area contributed by atoms with Crippen molar-refractivity contribution in [2.45, 2.75) is 32.7 Å². The highest BCUT2D eigenvalue weighted by Crippen LogP contribution is 2.40. The number of aryl methyl sites for hydroxylation is 3. The van der Waals surface area contributed by atoms with Crippen LogP contribution in [0.1, 0.15) is 34.0 Å². The van der Waals surface area contributed by atoms with Crippen LogP contribution in [0, 0.1) is 13.8 Å². The molecule has 3 nitrogen and oxygen atoms in total. The second-order valence-corrected chi connectivity index (χ2v) is 7.23. The van der Waals surface area contributed by atoms with E-state index in [-0.39, 0.29) is 0 Å². The number of aromatic nitrogens is 2. The van der Waals surface area contributed by atoms with Gasteiger partial charge in [0.2, 0.25) is 0 Å². The second kappa shape index (κ2) is 5.06. The van der Waals surface area contributed by atoms with Crippen molar-refractivity contribution in [1.82, 2.24) is 9.97 Å². The van der Waals surface area contributed by atoms with Crippen LogP contribution in [-0.2, 0) is 6.42 Å². The standard InChI is InChI=1S/C18H19N3S/c1-11-12(2)22-18-16(11)17(19-10-20-18)21(3)15-9-8-13-6-4-5-7-14(13)15/h4-7,10,15H,8-9H2,1-3H3. The van der Waals surface area contributed by atoms with Crippen molar-refractivity contribution < 1.29 is 0 Å². The smallest absolute Gasteiger partial charge is 0.141 e. The van der Waals surface area contributed by atoms with Gasteiger partial charge in [-0.15, -0.1) is 11.3 Å². The number of rotatable bonds is 2. The highest BCUT2D eigenvalue weighted by Gasteiger charge is 2.28. The quantitative estimate of drug-likeness (QED) is 0.701. The number of hydrogen-bond acceptors (Lipinski definition) is 4. The SMILES string of the molecule is Cc1sc2ncnc(N(C)C3CCc4ccccc43)c2c1C. The Bertz CT molecular complexity index is 853. The fraction of sp³-hybridized carbons (Fsp3) is 0.333. The lowest BCUT2D eigenvalue weighted by Gasteiger charge is -2.27. The molecule has 1 aromatic carbocycles. The highest BCUT2D eigenvalue weighted by atomic mass is 32.1. The molecule has 0 spiro atoms. The summed E-state index contributed by atoms with van der Waals surface area (Å²) in [6.07, 6.45) is 4.01. The zero-order valence-corrected chi connectivity index (χ0v) is 13.9. The van der Waals surface area contributed by atoms with Crippen LogP contribution >= 0.6 is 11.3 Å². The number of thiophene rings is 1. The minimum absolute atomic E-state index is 0.411. The number of nitrogens with zero attached hydrogens (tertiary/aromatic N) is 3. The first kappa shape index (κ1) is 13.7. The summed E-state index contributed by atoms with van der Waals surface area (Å²) in [5.41, 5.74) is 4.23. The largest absolute Gasteiger partial charge is 0.352 e. The fourth-order valence-electron chi connectivity index (χ4n) is 3.52. The van der Waals surface area contributed by atoms with E-state index in [4.69, 9.17) is 0 Å². The summed E-state index contributed by atoms with van der Waals surface area (Å²) in [6, 6.07) is 9.19. The Balaban J connectivity index is 1.83. The Morgan fingerprint density at radius 3 is 2.86 bits per heavy atom. The van der Waals surface area contributed by atoms with E-state index in [0.717, 1.165) is 23.5 Å². The van der Waals surface area contributed by atoms with Gasteiger partial charge in [0.15, 0.2) is 0 Å². The molecule has 3 aromatic rings. The summed E-state index contributed by atoms with van der Waals surface area (Å²) >= 11 is 1.76. The molecule has 0 aliphatic heterocycles. The lowest BCUT2D eigenvalue weighted by atomic mass is 10.1. The van der Waals surface area contributed by atoms with E-state index >= 15 is 0 Å². The molecular formula is C18H19N3S. The van der Waals surface area contributed by atoms with Gasteiger partial charge in [0.1, 0.15) is 17.0 Å². The van der Waals surface area contributed by atoms with Crippen LogP contribution in [-0.4, -0.2) is 17.0 Å². The zero-order valence-electron chi connectivity index (χ0n) is 13.1. The fourth-order valence-corrected chi connectivity index (χ4v) is 4.51. The van der Waals surface area contributed by atoms with Crippen molar-refractivity contribution in [1.29, 1.82) is 0 Å². The lowest BCUT2D eigenvalue weighted by molar-refractivity contribution is 0.657. The third kappa shape index (κ3) is 1.94. The normalized spacial score (nSPS) is 17.0. The average molecular weight is 309 g/mol. The molecule has 1 atom stereocenters. The summed E-state index contributed by atoms with van der Waals surface area (Å²) in [4.78, 5) is 13.8. The van der Waals surface area contributed by atoms with E-state index in [2.05, 4.69) is 60.0 Å². The maximum atomic E-state index is 4.62. The molecular weight excluding hydrogens is 290 g/mol. The lowest BCUT2D eigenvalue weighted by Crippen LogP contribution is -2.23. The Hall–Kier alpha value is -1.94. The molecule has 22 heavy (non-hydrogen) atoms. The number of fused-ring (bicyclic) bond motifs is 2. The summed E-state index contributed by atoms with van der Waals surface area (Å²) in [7, 11) is 2.17. The predicted octanol–water partition coefficient (Wildman–Crippen LogP) is 4.43. The predicted molar refractivity (Wildman–Crippen MR) is 92.8 cm³/mol. The van der Waals surface area contributed by atoms with Gasteiger partial charge in [0.05, 0.1) is 11.4 Å². The van der Waals surface area contributed by atoms with E-state index in [1.54, 1.807) is 17.7 Å². The third-order valence-electron chi connectivity index (χ3n) is 4.85. The van der Waals surface area contributed by atoms with Gasteiger partial charge in [-0.3, -0.25) is 0 Å². The van der Waals surface area contributed by atoms with E-state index in [0.29, 0.717) is 6.04 Å². The first-order valence-electron chi connectivity index (χ1n) is 7.68. The first-order chi connectivity index (χ1) is 10.7. The van der Waals surface area contributed by atoms with Crippen molar-refractivity contribution in [3.63, 3.8) is 0 Å². The summed E-state index contributed by atoms with van der Waals surface area (Å²) in [5, 5.41) is 1.22. The van der Waals surface area contributed by atoms with E-state index < -0.39 is 0 Å². The molecule has 0 radical (unpaired) electrons.